The van der Waals surface area contributed by atoms with Crippen LogP contribution in [0.4, 0.5) is 11.4 Å². The summed E-state index contributed by atoms with van der Waals surface area (Å²) in [5, 5.41) is 18.9. The van der Waals surface area contributed by atoms with Gasteiger partial charge in [-0.2, -0.15) is 0 Å². The van der Waals surface area contributed by atoms with Crippen molar-refractivity contribution >= 4 is 23.0 Å². The Bertz CT molecular complexity index is 372. The van der Waals surface area contributed by atoms with E-state index in [1.54, 1.807) is 0 Å². The Morgan fingerprint density at radius 2 is 2.25 bits per heavy atom. The quantitative estimate of drug-likeness (QED) is 0.383. The van der Waals surface area contributed by atoms with Crippen molar-refractivity contribution in [2.45, 2.75) is 0 Å². The fourth-order valence-corrected chi connectivity index (χ4v) is 0.897. The van der Waals surface area contributed by atoms with Gasteiger partial charge in [0.15, 0.2) is 4.98 Å². The molecular weight excluding hydrogens is 182 g/mol. The number of benzene rings is 1. The van der Waals surface area contributed by atoms with Gasteiger partial charge in [0, 0.05) is 11.1 Å². The van der Waals surface area contributed by atoms with Gasteiger partial charge in [-0.25, -0.2) is 0 Å². The molecule has 60 valence electrons. The lowest BCUT2D eigenvalue weighted by Crippen LogP contribution is -1.86. The number of rotatable bonds is 1. The summed E-state index contributed by atoms with van der Waals surface area (Å²) in [6.45, 7) is 0. The molecule has 0 fully saturated rings. The van der Waals surface area contributed by atoms with Crippen LogP contribution in [0.1, 0.15) is 0 Å². The number of diazo groups is 1. The van der Waals surface area contributed by atoms with Crippen LogP contribution in [0, 0.1) is 15.5 Å². The van der Waals surface area contributed by atoms with Crippen molar-refractivity contribution in [1.82, 2.24) is 0 Å². The summed E-state index contributed by atoms with van der Waals surface area (Å²) in [7, 11) is 0. The maximum atomic E-state index is 10.3. The van der Waals surface area contributed by atoms with Crippen LogP contribution in [-0.2, 0) is 0 Å². The molecule has 0 radical (unpaired) electrons. The molecule has 0 N–H and O–H groups in total. The monoisotopic (exact) mass is 184 g/mol. The van der Waals surface area contributed by atoms with E-state index in [-0.39, 0.29) is 16.4 Å². The van der Waals surface area contributed by atoms with E-state index >= 15 is 0 Å². The minimum absolute atomic E-state index is 0.146. The summed E-state index contributed by atoms with van der Waals surface area (Å²) in [5.41, 5.74) is -0.422. The van der Waals surface area contributed by atoms with Crippen molar-refractivity contribution in [3.05, 3.63) is 38.3 Å². The fraction of sp³-hybridized carbons (Fsp3) is 0. The van der Waals surface area contributed by atoms with Crippen LogP contribution in [0.2, 0.25) is 5.02 Å². The van der Waals surface area contributed by atoms with Gasteiger partial charge in [-0.15, -0.1) is 0 Å². The molecule has 5 nitrogen and oxygen atoms in total. The van der Waals surface area contributed by atoms with E-state index < -0.39 is 4.92 Å². The van der Waals surface area contributed by atoms with Crippen molar-refractivity contribution < 1.29 is 4.92 Å². The van der Waals surface area contributed by atoms with Crippen LogP contribution < -0.4 is 0 Å². The van der Waals surface area contributed by atoms with E-state index in [0.717, 1.165) is 0 Å². The van der Waals surface area contributed by atoms with Crippen molar-refractivity contribution in [3.8, 4) is 0 Å². The highest BCUT2D eigenvalue weighted by Crippen LogP contribution is 2.29. The summed E-state index contributed by atoms with van der Waals surface area (Å²) in [6.07, 6.45) is 0. The van der Waals surface area contributed by atoms with E-state index in [1.807, 2.05) is 0 Å². The molecule has 0 saturated carbocycles. The molecule has 12 heavy (non-hydrogen) atoms. The molecule has 0 aromatic heterocycles. The molecule has 1 aromatic rings. The number of nitro benzene ring substituents is 1. The molecule has 1 aromatic carbocycles. The fourth-order valence-electron chi connectivity index (χ4n) is 0.731. The van der Waals surface area contributed by atoms with Gasteiger partial charge >= 0.3 is 11.4 Å². The van der Waals surface area contributed by atoms with Gasteiger partial charge in [0.2, 0.25) is 5.39 Å². The van der Waals surface area contributed by atoms with Crippen LogP contribution in [0.5, 0.6) is 0 Å². The Balaban J connectivity index is 3.32. The molecule has 0 atom stereocenters. The summed E-state index contributed by atoms with van der Waals surface area (Å²) in [6, 6.07) is 3.74. The Kier molecular flexibility index (Phi) is 2.21. The second kappa shape index (κ2) is 3.15. The van der Waals surface area contributed by atoms with Crippen LogP contribution in [0.15, 0.2) is 18.2 Å². The predicted octanol–water partition coefficient (Wildman–Crippen LogP) is 2.73. The zero-order valence-electron chi connectivity index (χ0n) is 5.77. The zero-order valence-corrected chi connectivity index (χ0v) is 6.52. The van der Waals surface area contributed by atoms with Gasteiger partial charge in [-0.3, -0.25) is 10.1 Å². The van der Waals surface area contributed by atoms with Crippen LogP contribution in [0.3, 0.4) is 0 Å². The van der Waals surface area contributed by atoms with Gasteiger partial charge in [-0.1, -0.05) is 11.6 Å². The molecule has 0 aliphatic rings. The lowest BCUT2D eigenvalue weighted by Gasteiger charge is -1.86. The summed E-state index contributed by atoms with van der Waals surface area (Å²) < 4.78 is 0. The molecule has 0 aliphatic heterocycles. The maximum absolute atomic E-state index is 10.3. The van der Waals surface area contributed by atoms with Crippen LogP contribution in [0.25, 0.3) is 4.98 Å². The maximum Gasteiger partial charge on any atom is 0.462 e. The van der Waals surface area contributed by atoms with E-state index in [9.17, 15) is 10.1 Å². The van der Waals surface area contributed by atoms with Gasteiger partial charge in [0.1, 0.15) is 0 Å². The number of halogens is 1. The van der Waals surface area contributed by atoms with E-state index in [4.69, 9.17) is 17.0 Å². The molecular formula is C6H3ClN3O2+. The number of nitro groups is 1. The lowest BCUT2D eigenvalue weighted by molar-refractivity contribution is -0.383. The van der Waals surface area contributed by atoms with E-state index in [1.165, 1.54) is 18.2 Å². The Hall–Kier alpha value is -1.67. The third-order valence-corrected chi connectivity index (χ3v) is 1.48. The normalized spacial score (nSPS) is 9.00. The number of hydrogen-bond acceptors (Lipinski definition) is 3. The van der Waals surface area contributed by atoms with Crippen molar-refractivity contribution in [1.29, 1.82) is 5.39 Å². The zero-order chi connectivity index (χ0) is 9.14. The summed E-state index contributed by atoms with van der Waals surface area (Å²) in [5.74, 6) is 0. The first kappa shape index (κ1) is 8.43. The molecule has 0 unspecified atom stereocenters. The lowest BCUT2D eigenvalue weighted by atomic mass is 10.3. The molecule has 0 amide bonds. The third kappa shape index (κ3) is 1.49. The number of hydrogen-bond donors (Lipinski definition) is 0. The molecule has 1 rings (SSSR count). The Morgan fingerprint density at radius 3 is 2.75 bits per heavy atom. The topological polar surface area (TPSA) is 71.3 Å². The average molecular weight is 185 g/mol. The molecule has 0 saturated heterocycles. The molecule has 0 spiro atoms. The van der Waals surface area contributed by atoms with Crippen molar-refractivity contribution in [2.24, 2.45) is 0 Å². The van der Waals surface area contributed by atoms with Crippen molar-refractivity contribution in [3.63, 3.8) is 0 Å². The largest absolute Gasteiger partial charge is 0.462 e. The second-order valence-corrected chi connectivity index (χ2v) is 2.43. The summed E-state index contributed by atoms with van der Waals surface area (Å²) in [4.78, 5) is 12.4. The standard InChI is InChI=1S/C6H3ClN3O2/c7-4-1-2-6(10(11)12)5(3-4)9-8/h1-3H/q+1. The minimum atomic E-state index is -0.647. The average Bonchev–Trinajstić information content (AvgIpc) is 2.03. The Labute approximate surface area is 72.3 Å². The molecule has 0 bridgehead atoms. The summed E-state index contributed by atoms with van der Waals surface area (Å²) >= 11 is 5.51. The van der Waals surface area contributed by atoms with Crippen LogP contribution >= 0.6 is 11.6 Å². The minimum Gasteiger partial charge on any atom is -0.258 e. The highest BCUT2D eigenvalue weighted by atomic mass is 35.5. The number of nitrogens with zero attached hydrogens (tertiary/aromatic N) is 3. The third-order valence-electron chi connectivity index (χ3n) is 1.24. The van der Waals surface area contributed by atoms with Gasteiger partial charge < -0.3 is 0 Å². The van der Waals surface area contributed by atoms with Gasteiger partial charge in [0.25, 0.3) is 0 Å². The van der Waals surface area contributed by atoms with Gasteiger partial charge in [0.05, 0.1) is 11.0 Å². The first-order valence-electron chi connectivity index (χ1n) is 2.94. The van der Waals surface area contributed by atoms with E-state index in [0.29, 0.717) is 0 Å². The highest BCUT2D eigenvalue weighted by molar-refractivity contribution is 6.31. The van der Waals surface area contributed by atoms with Crippen LogP contribution in [-0.4, -0.2) is 4.92 Å². The Morgan fingerprint density at radius 1 is 1.58 bits per heavy atom. The molecule has 6 heteroatoms. The highest BCUT2D eigenvalue weighted by Gasteiger charge is 2.23. The first-order valence-corrected chi connectivity index (χ1v) is 3.32. The van der Waals surface area contributed by atoms with Crippen molar-refractivity contribution in [2.75, 3.05) is 0 Å². The SMILES string of the molecule is N#[N+]c1cc(Cl)ccc1[N+](=O)[O-]. The molecule has 0 aliphatic carbocycles. The smallest absolute Gasteiger partial charge is 0.258 e. The molecule has 0 heterocycles. The van der Waals surface area contributed by atoms with Gasteiger partial charge in [-0.05, 0) is 6.07 Å². The second-order valence-electron chi connectivity index (χ2n) is 1.99. The predicted molar refractivity (Wildman–Crippen MR) is 42.9 cm³/mol. The van der Waals surface area contributed by atoms with E-state index in [2.05, 4.69) is 4.98 Å². The first-order chi connectivity index (χ1) is 5.65.